The minimum absolute atomic E-state index is 0.132. The van der Waals surface area contributed by atoms with E-state index in [1.807, 2.05) is 36.4 Å². The maximum absolute atomic E-state index is 12.9. The third-order valence-electron chi connectivity index (χ3n) is 5.65. The Bertz CT molecular complexity index is 979. The summed E-state index contributed by atoms with van der Waals surface area (Å²) in [6.45, 7) is 0.427. The zero-order chi connectivity index (χ0) is 23.1. The first-order valence-corrected chi connectivity index (χ1v) is 10.6. The molecule has 0 aliphatic carbocycles. The van der Waals surface area contributed by atoms with E-state index in [0.29, 0.717) is 36.9 Å². The van der Waals surface area contributed by atoms with E-state index in [0.717, 1.165) is 5.56 Å². The summed E-state index contributed by atoms with van der Waals surface area (Å²) in [5, 5.41) is 31.3. The fourth-order valence-corrected chi connectivity index (χ4v) is 4.00. The van der Waals surface area contributed by atoms with E-state index in [4.69, 9.17) is 11.0 Å². The average molecular weight is 434 g/mol. The minimum Gasteiger partial charge on any atom is -0.426 e. The Labute approximate surface area is 187 Å². The maximum atomic E-state index is 12.9. The number of hydrogen-bond acceptors (Lipinski definition) is 6. The van der Waals surface area contributed by atoms with Crippen LogP contribution in [-0.2, 0) is 22.4 Å². The van der Waals surface area contributed by atoms with Gasteiger partial charge in [0.05, 0.1) is 23.6 Å². The third kappa shape index (κ3) is 5.95. The Kier molecular flexibility index (Phi) is 8.00. The second kappa shape index (κ2) is 10.9. The molecule has 8 nitrogen and oxygen atoms in total. The van der Waals surface area contributed by atoms with Crippen molar-refractivity contribution in [2.24, 2.45) is 5.73 Å². The molecule has 1 aliphatic rings. The topological polar surface area (TPSA) is 140 Å². The predicted molar refractivity (Wildman–Crippen MR) is 120 cm³/mol. The van der Waals surface area contributed by atoms with Crippen LogP contribution in [0.15, 0.2) is 54.6 Å². The molecule has 0 aromatic heterocycles. The van der Waals surface area contributed by atoms with Gasteiger partial charge in [0.25, 0.3) is 0 Å². The van der Waals surface area contributed by atoms with Gasteiger partial charge in [-0.05, 0) is 48.9 Å². The highest BCUT2D eigenvalue weighted by atomic mass is 16.4. The molecule has 3 rings (SSSR count). The molecular weight excluding hydrogens is 407 g/mol. The van der Waals surface area contributed by atoms with E-state index in [1.54, 1.807) is 24.3 Å². The third-order valence-corrected chi connectivity index (χ3v) is 5.65. The molecule has 0 spiro atoms. The molecule has 2 amide bonds. The number of carbonyl (C=O) groups is 2. The molecular formula is C23H27BN4O4. The van der Waals surface area contributed by atoms with Crippen molar-refractivity contribution in [1.29, 1.82) is 5.26 Å². The molecule has 166 valence electrons. The molecule has 0 saturated carbocycles. The van der Waals surface area contributed by atoms with Crippen LogP contribution in [0.25, 0.3) is 0 Å². The second-order valence-electron chi connectivity index (χ2n) is 8.03. The second-order valence-corrected chi connectivity index (χ2v) is 8.03. The summed E-state index contributed by atoms with van der Waals surface area (Å²) in [6.07, 6.45) is 1.65. The van der Waals surface area contributed by atoms with Crippen LogP contribution in [0.2, 0.25) is 0 Å². The summed E-state index contributed by atoms with van der Waals surface area (Å²) in [7, 11) is -1.80. The number of carbonyl (C=O) groups excluding carboxylic acids is 2. The molecule has 2 aromatic rings. The number of nitrogens with one attached hydrogen (secondary N) is 1. The molecule has 0 unspecified atom stereocenters. The first-order chi connectivity index (χ1) is 15.4. The Balaban J connectivity index is 1.65. The summed E-state index contributed by atoms with van der Waals surface area (Å²) in [5.41, 5.74) is 8.21. The van der Waals surface area contributed by atoms with E-state index < -0.39 is 31.1 Å². The summed E-state index contributed by atoms with van der Waals surface area (Å²) < 4.78 is 0. The SMILES string of the molecule is N#Cc1cccc(C[C@@H](NC(=O)[C@@H]2CCCN2C(=O)[C@H](N)Cc2ccccc2)B(O)O)c1. The molecule has 1 heterocycles. The lowest BCUT2D eigenvalue weighted by Gasteiger charge is -2.28. The zero-order valence-corrected chi connectivity index (χ0v) is 17.7. The smallest absolute Gasteiger partial charge is 0.426 e. The number of nitrogens with zero attached hydrogens (tertiary/aromatic N) is 2. The highest BCUT2D eigenvalue weighted by molar-refractivity contribution is 6.43. The van der Waals surface area contributed by atoms with Crippen LogP contribution in [0.4, 0.5) is 0 Å². The number of nitriles is 1. The van der Waals surface area contributed by atoms with E-state index in [2.05, 4.69) is 5.32 Å². The largest absolute Gasteiger partial charge is 0.475 e. The van der Waals surface area contributed by atoms with Crippen molar-refractivity contribution in [3.63, 3.8) is 0 Å². The van der Waals surface area contributed by atoms with Crippen molar-refractivity contribution in [3.8, 4) is 6.07 Å². The number of amides is 2. The van der Waals surface area contributed by atoms with Crippen LogP contribution in [-0.4, -0.2) is 58.5 Å². The number of hydrogen-bond donors (Lipinski definition) is 4. The van der Waals surface area contributed by atoms with Crippen LogP contribution < -0.4 is 11.1 Å². The molecule has 1 saturated heterocycles. The lowest BCUT2D eigenvalue weighted by atomic mass is 9.75. The Morgan fingerprint density at radius 2 is 1.88 bits per heavy atom. The molecule has 0 bridgehead atoms. The molecule has 5 N–H and O–H groups in total. The van der Waals surface area contributed by atoms with Gasteiger partial charge in [0.15, 0.2) is 0 Å². The van der Waals surface area contributed by atoms with Gasteiger partial charge in [0.1, 0.15) is 6.04 Å². The maximum Gasteiger partial charge on any atom is 0.475 e. The number of likely N-dealkylation sites (tertiary alicyclic amines) is 1. The van der Waals surface area contributed by atoms with Crippen molar-refractivity contribution < 1.29 is 19.6 Å². The molecule has 3 atom stereocenters. The Morgan fingerprint density at radius 1 is 1.16 bits per heavy atom. The van der Waals surface area contributed by atoms with Gasteiger partial charge in [-0.3, -0.25) is 9.59 Å². The fraction of sp³-hybridized carbons (Fsp3) is 0.348. The summed E-state index contributed by atoms with van der Waals surface area (Å²) >= 11 is 0. The lowest BCUT2D eigenvalue weighted by molar-refractivity contribution is -0.139. The Hall–Kier alpha value is -3.19. The standard InChI is InChI=1S/C23H27BN4O4/c25-15-18-9-4-8-17(12-18)14-21(24(31)32)27-22(29)20-10-5-11-28(20)23(30)19(26)13-16-6-2-1-3-7-16/h1-4,6-9,12,19-21,31-32H,5,10-11,13-14,26H2,(H,27,29)/t19-,20+,21-/m1/s1. The van der Waals surface area contributed by atoms with E-state index in [9.17, 15) is 19.6 Å². The van der Waals surface area contributed by atoms with Gasteiger partial charge in [-0.25, -0.2) is 0 Å². The predicted octanol–water partition coefficient (Wildman–Crippen LogP) is 0.159. The molecule has 1 aliphatic heterocycles. The van der Waals surface area contributed by atoms with Crippen LogP contribution >= 0.6 is 0 Å². The van der Waals surface area contributed by atoms with Gasteiger partial charge in [-0.1, -0.05) is 42.5 Å². The van der Waals surface area contributed by atoms with Crippen LogP contribution in [0.3, 0.4) is 0 Å². The van der Waals surface area contributed by atoms with Gasteiger partial charge in [0, 0.05) is 6.54 Å². The van der Waals surface area contributed by atoms with Crippen molar-refractivity contribution in [2.75, 3.05) is 6.54 Å². The fourth-order valence-electron chi connectivity index (χ4n) is 4.00. The van der Waals surface area contributed by atoms with Gasteiger partial charge >= 0.3 is 7.12 Å². The van der Waals surface area contributed by atoms with Gasteiger partial charge in [-0.2, -0.15) is 5.26 Å². The molecule has 9 heteroatoms. The first-order valence-electron chi connectivity index (χ1n) is 10.6. The summed E-state index contributed by atoms with van der Waals surface area (Å²) in [5.74, 6) is -1.72. The Morgan fingerprint density at radius 3 is 2.56 bits per heavy atom. The van der Waals surface area contributed by atoms with E-state index in [-0.39, 0.29) is 12.3 Å². The summed E-state index contributed by atoms with van der Waals surface area (Å²) in [4.78, 5) is 27.4. The van der Waals surface area contributed by atoms with Gasteiger partial charge < -0.3 is 26.0 Å². The normalized spacial score (nSPS) is 17.3. The summed E-state index contributed by atoms with van der Waals surface area (Å²) in [6, 6.07) is 16.7. The van der Waals surface area contributed by atoms with E-state index in [1.165, 1.54) is 4.90 Å². The van der Waals surface area contributed by atoms with Crippen molar-refractivity contribution in [3.05, 3.63) is 71.3 Å². The van der Waals surface area contributed by atoms with Crippen LogP contribution in [0.1, 0.15) is 29.5 Å². The van der Waals surface area contributed by atoms with Crippen molar-refractivity contribution in [2.45, 2.75) is 43.7 Å². The van der Waals surface area contributed by atoms with Gasteiger partial charge in [0.2, 0.25) is 11.8 Å². The van der Waals surface area contributed by atoms with Gasteiger partial charge in [-0.15, -0.1) is 0 Å². The number of rotatable bonds is 8. The highest BCUT2D eigenvalue weighted by Crippen LogP contribution is 2.20. The van der Waals surface area contributed by atoms with E-state index >= 15 is 0 Å². The zero-order valence-electron chi connectivity index (χ0n) is 17.7. The van der Waals surface area contributed by atoms with Crippen molar-refractivity contribution >= 4 is 18.9 Å². The average Bonchev–Trinajstić information content (AvgIpc) is 3.29. The minimum atomic E-state index is -1.80. The highest BCUT2D eigenvalue weighted by Gasteiger charge is 2.38. The lowest BCUT2D eigenvalue weighted by Crippen LogP contribution is -2.56. The molecule has 0 radical (unpaired) electrons. The number of benzene rings is 2. The monoisotopic (exact) mass is 434 g/mol. The van der Waals surface area contributed by atoms with Crippen LogP contribution in [0.5, 0.6) is 0 Å². The van der Waals surface area contributed by atoms with Crippen molar-refractivity contribution in [1.82, 2.24) is 10.2 Å². The molecule has 1 fully saturated rings. The van der Waals surface area contributed by atoms with Crippen LogP contribution in [0, 0.1) is 11.3 Å². The first kappa shape index (κ1) is 23.5. The molecule has 32 heavy (non-hydrogen) atoms. The quantitative estimate of drug-likeness (QED) is 0.437. The molecule has 2 aromatic carbocycles. The number of nitrogens with two attached hydrogens (primary N) is 1.